The van der Waals surface area contributed by atoms with Crippen molar-refractivity contribution in [2.75, 3.05) is 0 Å². The van der Waals surface area contributed by atoms with Crippen molar-refractivity contribution in [1.29, 1.82) is 0 Å². The van der Waals surface area contributed by atoms with E-state index in [9.17, 15) is 19.5 Å². The fourth-order valence-electron chi connectivity index (χ4n) is 3.31. The van der Waals surface area contributed by atoms with Crippen LogP contribution in [0.5, 0.6) is 0 Å². The summed E-state index contributed by atoms with van der Waals surface area (Å²) < 4.78 is 1.49. The van der Waals surface area contributed by atoms with Crippen molar-refractivity contribution in [2.45, 2.75) is 38.1 Å². The number of rotatable bonds is 2. The second-order valence-electron chi connectivity index (χ2n) is 5.80. The van der Waals surface area contributed by atoms with Gasteiger partial charge in [0.15, 0.2) is 0 Å². The molecular weight excluding hydrogens is 272 g/mol. The zero-order valence-electron chi connectivity index (χ0n) is 11.7. The molecule has 6 nitrogen and oxygen atoms in total. The predicted octanol–water partition coefficient (Wildman–Crippen LogP) is 1.68. The molecule has 1 heterocycles. The molecule has 110 valence electrons. The van der Waals surface area contributed by atoms with Gasteiger partial charge in [0, 0.05) is 5.54 Å². The van der Waals surface area contributed by atoms with Crippen LogP contribution >= 0.6 is 0 Å². The lowest BCUT2D eigenvalue weighted by atomic mass is 9.99. The molecule has 1 fully saturated rings. The second-order valence-corrected chi connectivity index (χ2v) is 5.80. The molecule has 0 saturated heterocycles. The molecule has 1 aromatic heterocycles. The maximum Gasteiger partial charge on any atom is 0.337 e. The summed E-state index contributed by atoms with van der Waals surface area (Å²) in [5, 5.41) is 9.25. The minimum atomic E-state index is -1.13. The van der Waals surface area contributed by atoms with Crippen LogP contribution in [0.1, 0.15) is 43.0 Å². The van der Waals surface area contributed by atoms with E-state index >= 15 is 0 Å². The van der Waals surface area contributed by atoms with E-state index in [0.29, 0.717) is 5.52 Å². The number of hydrogen-bond acceptors (Lipinski definition) is 3. The van der Waals surface area contributed by atoms with E-state index in [-0.39, 0.29) is 11.1 Å². The molecule has 0 amide bonds. The van der Waals surface area contributed by atoms with Gasteiger partial charge in [-0.05, 0) is 31.9 Å². The minimum Gasteiger partial charge on any atom is -0.478 e. The third-order valence-corrected chi connectivity index (χ3v) is 4.37. The number of para-hydroxylation sites is 1. The van der Waals surface area contributed by atoms with E-state index in [1.54, 1.807) is 12.1 Å². The number of nitrogens with one attached hydrogen (secondary N) is 1. The van der Waals surface area contributed by atoms with E-state index in [4.69, 9.17) is 0 Å². The van der Waals surface area contributed by atoms with Gasteiger partial charge in [0.25, 0.3) is 0 Å². The molecule has 6 heteroatoms. The highest BCUT2D eigenvalue weighted by atomic mass is 16.4. The summed E-state index contributed by atoms with van der Waals surface area (Å²) >= 11 is 0. The molecule has 1 saturated carbocycles. The minimum absolute atomic E-state index is 0.0000491. The second kappa shape index (κ2) is 4.58. The molecule has 1 aromatic carbocycles. The van der Waals surface area contributed by atoms with E-state index in [0.717, 1.165) is 25.7 Å². The Bertz CT molecular complexity index is 841. The van der Waals surface area contributed by atoms with Crippen LogP contribution in [-0.2, 0) is 5.54 Å². The lowest BCUT2D eigenvalue weighted by Crippen LogP contribution is -2.45. The summed E-state index contributed by atoms with van der Waals surface area (Å²) in [6.07, 6.45) is 3.61. The Morgan fingerprint density at radius 1 is 1.29 bits per heavy atom. The molecule has 21 heavy (non-hydrogen) atoms. The summed E-state index contributed by atoms with van der Waals surface area (Å²) in [7, 11) is 0. The van der Waals surface area contributed by atoms with Gasteiger partial charge in [-0.15, -0.1) is 0 Å². The first kappa shape index (κ1) is 13.6. The lowest BCUT2D eigenvalue weighted by Gasteiger charge is -2.28. The molecule has 0 atom stereocenters. The van der Waals surface area contributed by atoms with Crippen LogP contribution in [0.4, 0.5) is 0 Å². The Kier molecular flexibility index (Phi) is 2.97. The molecule has 0 unspecified atom stereocenters. The lowest BCUT2D eigenvalue weighted by molar-refractivity contribution is 0.0698. The molecule has 2 N–H and O–H groups in total. The van der Waals surface area contributed by atoms with E-state index in [1.807, 2.05) is 6.92 Å². The number of H-pyrrole nitrogens is 1. The van der Waals surface area contributed by atoms with Crippen molar-refractivity contribution in [3.8, 4) is 0 Å². The van der Waals surface area contributed by atoms with Crippen LogP contribution < -0.4 is 11.1 Å². The Morgan fingerprint density at radius 2 is 1.95 bits per heavy atom. The van der Waals surface area contributed by atoms with Gasteiger partial charge >= 0.3 is 17.1 Å². The predicted molar refractivity (Wildman–Crippen MR) is 77.9 cm³/mol. The standard InChI is InChI=1S/C15H16N2O4/c1-15(7-2-3-8-15)17-10-6-4-5-9(14(20)21)11(10)16-12(18)13(17)19/h4-6H,2-3,7-8H2,1H3,(H,16,18)(H,20,21). The van der Waals surface area contributed by atoms with Crippen molar-refractivity contribution in [3.05, 3.63) is 44.5 Å². The van der Waals surface area contributed by atoms with Crippen LogP contribution in [0.25, 0.3) is 11.0 Å². The quantitative estimate of drug-likeness (QED) is 0.822. The fourth-order valence-corrected chi connectivity index (χ4v) is 3.31. The number of aromatic amines is 1. The third kappa shape index (κ3) is 1.98. The molecule has 3 rings (SSSR count). The smallest absolute Gasteiger partial charge is 0.337 e. The number of nitrogens with zero attached hydrogens (tertiary/aromatic N) is 1. The first-order chi connectivity index (χ1) is 9.94. The summed E-state index contributed by atoms with van der Waals surface area (Å²) in [4.78, 5) is 38.0. The third-order valence-electron chi connectivity index (χ3n) is 4.37. The maximum absolute atomic E-state index is 12.3. The van der Waals surface area contributed by atoms with Gasteiger partial charge in [0.1, 0.15) is 0 Å². The summed E-state index contributed by atoms with van der Waals surface area (Å²) in [5.74, 6) is -1.13. The highest BCUT2D eigenvalue weighted by molar-refractivity contribution is 6.00. The molecule has 0 bridgehead atoms. The zero-order chi connectivity index (χ0) is 15.2. The van der Waals surface area contributed by atoms with Crippen LogP contribution in [0.15, 0.2) is 27.8 Å². The highest BCUT2D eigenvalue weighted by Gasteiger charge is 2.33. The molecule has 0 aliphatic heterocycles. The molecule has 0 radical (unpaired) electrons. The van der Waals surface area contributed by atoms with Crippen molar-refractivity contribution in [1.82, 2.24) is 9.55 Å². The van der Waals surface area contributed by atoms with Crippen LogP contribution in [-0.4, -0.2) is 20.6 Å². The Hall–Kier alpha value is -2.37. The van der Waals surface area contributed by atoms with Gasteiger partial charge < -0.3 is 10.1 Å². The van der Waals surface area contributed by atoms with Crippen LogP contribution in [0.3, 0.4) is 0 Å². The average molecular weight is 288 g/mol. The number of hydrogen-bond donors (Lipinski definition) is 2. The first-order valence-corrected chi connectivity index (χ1v) is 6.96. The Labute approximate surface area is 120 Å². The largest absolute Gasteiger partial charge is 0.478 e. The van der Waals surface area contributed by atoms with Gasteiger partial charge in [-0.25, -0.2) is 4.79 Å². The topological polar surface area (TPSA) is 92.2 Å². The normalized spacial score (nSPS) is 17.2. The molecule has 1 aliphatic carbocycles. The first-order valence-electron chi connectivity index (χ1n) is 6.96. The number of benzene rings is 1. The average Bonchev–Trinajstić information content (AvgIpc) is 2.86. The monoisotopic (exact) mass is 288 g/mol. The van der Waals surface area contributed by atoms with Crippen molar-refractivity contribution in [3.63, 3.8) is 0 Å². The summed E-state index contributed by atoms with van der Waals surface area (Å²) in [6, 6.07) is 4.70. The number of carbonyl (C=O) groups is 1. The van der Waals surface area contributed by atoms with Crippen molar-refractivity contribution in [2.24, 2.45) is 0 Å². The van der Waals surface area contributed by atoms with Gasteiger partial charge in [-0.3, -0.25) is 14.2 Å². The van der Waals surface area contributed by atoms with Crippen LogP contribution in [0.2, 0.25) is 0 Å². The molecule has 1 aliphatic rings. The summed E-state index contributed by atoms with van der Waals surface area (Å²) in [5.41, 5.74) is -1.13. The number of fused-ring (bicyclic) bond motifs is 1. The number of carboxylic acids is 1. The summed E-state index contributed by atoms with van der Waals surface area (Å²) in [6.45, 7) is 1.95. The van der Waals surface area contributed by atoms with Gasteiger partial charge in [0.05, 0.1) is 16.6 Å². The number of carboxylic acid groups (broad SMARTS) is 1. The SMILES string of the molecule is CC1(n2c(=O)c(=O)[nH]c3c(C(=O)O)cccc32)CCCC1. The number of aromatic nitrogens is 2. The maximum atomic E-state index is 12.3. The van der Waals surface area contributed by atoms with Gasteiger partial charge in [0.2, 0.25) is 0 Å². The van der Waals surface area contributed by atoms with Gasteiger partial charge in [-0.2, -0.15) is 0 Å². The van der Waals surface area contributed by atoms with E-state index in [1.165, 1.54) is 10.6 Å². The van der Waals surface area contributed by atoms with E-state index < -0.39 is 22.6 Å². The van der Waals surface area contributed by atoms with E-state index in [2.05, 4.69) is 4.98 Å². The van der Waals surface area contributed by atoms with Gasteiger partial charge in [-0.1, -0.05) is 18.9 Å². The molecule has 0 spiro atoms. The highest BCUT2D eigenvalue weighted by Crippen LogP contribution is 2.36. The van der Waals surface area contributed by atoms with Crippen molar-refractivity contribution < 1.29 is 9.90 Å². The van der Waals surface area contributed by atoms with Crippen LogP contribution in [0, 0.1) is 0 Å². The fraction of sp³-hybridized carbons (Fsp3) is 0.400. The Morgan fingerprint density at radius 3 is 2.57 bits per heavy atom. The Balaban J connectivity index is 2.46. The molecule has 2 aromatic rings. The zero-order valence-corrected chi connectivity index (χ0v) is 11.7. The molecular formula is C15H16N2O4. The number of aromatic carboxylic acids is 1. The van der Waals surface area contributed by atoms with Crippen molar-refractivity contribution >= 4 is 17.0 Å².